The van der Waals surface area contributed by atoms with E-state index in [0.717, 1.165) is 0 Å². The summed E-state index contributed by atoms with van der Waals surface area (Å²) in [6.45, 7) is 1.83. The maximum atomic E-state index is 12.1. The SMILES string of the molecule is CCC(CC(=O)O)NC(=O)N(C)c1ccccc1OC. The average Bonchev–Trinajstić information content (AvgIpc) is 2.45. The predicted octanol–water partition coefficient (Wildman–Crippen LogP) is 2.09. The quantitative estimate of drug-likeness (QED) is 0.836. The smallest absolute Gasteiger partial charge is 0.321 e. The van der Waals surface area contributed by atoms with Gasteiger partial charge in [-0.3, -0.25) is 9.69 Å². The Hall–Kier alpha value is -2.24. The minimum Gasteiger partial charge on any atom is -0.495 e. The number of carboxylic acids is 1. The minimum absolute atomic E-state index is 0.0952. The van der Waals surface area contributed by atoms with Crippen molar-refractivity contribution in [2.45, 2.75) is 25.8 Å². The predicted molar refractivity (Wildman–Crippen MR) is 76.3 cm³/mol. The summed E-state index contributed by atoms with van der Waals surface area (Å²) in [5, 5.41) is 11.5. The first-order chi connectivity index (χ1) is 9.49. The molecule has 0 aliphatic rings. The van der Waals surface area contributed by atoms with Crippen LogP contribution in [0.5, 0.6) is 5.75 Å². The van der Waals surface area contributed by atoms with Gasteiger partial charge < -0.3 is 15.2 Å². The van der Waals surface area contributed by atoms with Crippen LogP contribution >= 0.6 is 0 Å². The Balaban J connectivity index is 2.78. The molecule has 0 aliphatic heterocycles. The standard InChI is InChI=1S/C14H20N2O4/c1-4-10(9-13(17)18)15-14(19)16(2)11-7-5-6-8-12(11)20-3/h5-8,10H,4,9H2,1-3H3,(H,15,19)(H,17,18). The Bertz CT molecular complexity index is 476. The molecule has 0 spiro atoms. The highest BCUT2D eigenvalue weighted by Crippen LogP contribution is 2.26. The third kappa shape index (κ3) is 4.15. The van der Waals surface area contributed by atoms with Crippen LogP contribution in [0.3, 0.4) is 0 Å². The van der Waals surface area contributed by atoms with Gasteiger partial charge in [-0.15, -0.1) is 0 Å². The molecular formula is C14H20N2O4. The van der Waals surface area contributed by atoms with E-state index in [4.69, 9.17) is 9.84 Å². The zero-order chi connectivity index (χ0) is 15.1. The first kappa shape index (κ1) is 15.8. The second-order valence-corrected chi connectivity index (χ2v) is 4.38. The van der Waals surface area contributed by atoms with Gasteiger partial charge in [0.05, 0.1) is 19.2 Å². The van der Waals surface area contributed by atoms with Crippen LogP contribution in [0, 0.1) is 0 Å². The topological polar surface area (TPSA) is 78.9 Å². The number of rotatable bonds is 6. The molecule has 0 bridgehead atoms. The number of urea groups is 1. The summed E-state index contributed by atoms with van der Waals surface area (Å²) in [5.74, 6) is -0.353. The van der Waals surface area contributed by atoms with Crippen LogP contribution in [0.15, 0.2) is 24.3 Å². The van der Waals surface area contributed by atoms with Gasteiger partial charge in [0.15, 0.2) is 0 Å². The molecule has 2 N–H and O–H groups in total. The van der Waals surface area contributed by atoms with E-state index < -0.39 is 12.0 Å². The molecule has 2 amide bonds. The van der Waals surface area contributed by atoms with E-state index in [1.165, 1.54) is 12.0 Å². The Kier molecular flexibility index (Phi) is 5.83. The molecule has 0 fully saturated rings. The molecule has 0 radical (unpaired) electrons. The fourth-order valence-corrected chi connectivity index (χ4v) is 1.80. The first-order valence-electron chi connectivity index (χ1n) is 6.38. The number of hydrogen-bond donors (Lipinski definition) is 2. The number of anilines is 1. The van der Waals surface area contributed by atoms with Gasteiger partial charge >= 0.3 is 12.0 Å². The average molecular weight is 280 g/mol. The van der Waals surface area contributed by atoms with Gasteiger partial charge in [-0.2, -0.15) is 0 Å². The number of nitrogens with zero attached hydrogens (tertiary/aromatic N) is 1. The maximum absolute atomic E-state index is 12.1. The van der Waals surface area contributed by atoms with Crippen LogP contribution in [0.25, 0.3) is 0 Å². The van der Waals surface area contributed by atoms with E-state index >= 15 is 0 Å². The number of carboxylic acid groups (broad SMARTS) is 1. The number of carbonyl (C=O) groups is 2. The molecule has 1 atom stereocenters. The van der Waals surface area contributed by atoms with Gasteiger partial charge in [0, 0.05) is 13.1 Å². The number of ether oxygens (including phenoxy) is 1. The molecule has 110 valence electrons. The fourth-order valence-electron chi connectivity index (χ4n) is 1.80. The van der Waals surface area contributed by atoms with Crippen molar-refractivity contribution in [3.63, 3.8) is 0 Å². The normalized spacial score (nSPS) is 11.6. The van der Waals surface area contributed by atoms with Gasteiger partial charge in [-0.05, 0) is 18.6 Å². The highest BCUT2D eigenvalue weighted by molar-refractivity contribution is 5.93. The van der Waals surface area contributed by atoms with Gasteiger partial charge in [0.2, 0.25) is 0 Å². The molecule has 0 saturated heterocycles. The summed E-state index contributed by atoms with van der Waals surface area (Å²) in [6, 6.07) is 6.38. The number of benzene rings is 1. The lowest BCUT2D eigenvalue weighted by atomic mass is 10.1. The summed E-state index contributed by atoms with van der Waals surface area (Å²) in [7, 11) is 3.14. The van der Waals surface area contributed by atoms with Gasteiger partial charge in [-0.1, -0.05) is 19.1 Å². The van der Waals surface area contributed by atoms with Crippen LogP contribution in [0.4, 0.5) is 10.5 Å². The third-order valence-electron chi connectivity index (χ3n) is 2.99. The molecule has 0 saturated carbocycles. The molecule has 1 unspecified atom stereocenters. The number of carbonyl (C=O) groups excluding carboxylic acids is 1. The molecule has 6 heteroatoms. The van der Waals surface area contributed by atoms with Gasteiger partial charge in [0.25, 0.3) is 0 Å². The molecule has 0 heterocycles. The Morgan fingerprint density at radius 2 is 2.05 bits per heavy atom. The molecule has 1 aromatic rings. The van der Waals surface area contributed by atoms with Gasteiger partial charge in [-0.25, -0.2) is 4.79 Å². The molecule has 1 aromatic carbocycles. The van der Waals surface area contributed by atoms with Crippen molar-refractivity contribution in [2.75, 3.05) is 19.1 Å². The van der Waals surface area contributed by atoms with Crippen molar-refractivity contribution in [3.8, 4) is 5.75 Å². The summed E-state index contributed by atoms with van der Waals surface area (Å²) < 4.78 is 5.20. The Morgan fingerprint density at radius 3 is 2.60 bits per heavy atom. The minimum atomic E-state index is -0.933. The summed E-state index contributed by atoms with van der Waals surface area (Å²) in [6.07, 6.45) is 0.458. The highest BCUT2D eigenvalue weighted by Gasteiger charge is 2.19. The van der Waals surface area contributed by atoms with Crippen LogP contribution in [-0.2, 0) is 4.79 Å². The maximum Gasteiger partial charge on any atom is 0.321 e. The number of hydrogen-bond acceptors (Lipinski definition) is 3. The largest absolute Gasteiger partial charge is 0.495 e. The van der Waals surface area contributed by atoms with Crippen molar-refractivity contribution in [3.05, 3.63) is 24.3 Å². The molecular weight excluding hydrogens is 260 g/mol. The molecule has 0 aliphatic carbocycles. The van der Waals surface area contributed by atoms with E-state index in [1.54, 1.807) is 25.2 Å². The molecule has 20 heavy (non-hydrogen) atoms. The van der Waals surface area contributed by atoms with Crippen molar-refractivity contribution >= 4 is 17.7 Å². The van der Waals surface area contributed by atoms with Crippen molar-refractivity contribution in [1.82, 2.24) is 5.32 Å². The molecule has 0 aromatic heterocycles. The highest BCUT2D eigenvalue weighted by atomic mass is 16.5. The lowest BCUT2D eigenvalue weighted by Gasteiger charge is -2.23. The number of para-hydroxylation sites is 2. The van der Waals surface area contributed by atoms with E-state index in [2.05, 4.69) is 5.32 Å². The zero-order valence-corrected chi connectivity index (χ0v) is 11.9. The number of nitrogens with one attached hydrogen (secondary N) is 1. The number of amides is 2. The number of aliphatic carboxylic acids is 1. The second-order valence-electron chi connectivity index (χ2n) is 4.38. The van der Waals surface area contributed by atoms with Crippen molar-refractivity contribution in [1.29, 1.82) is 0 Å². The van der Waals surface area contributed by atoms with E-state index in [1.807, 2.05) is 13.0 Å². The van der Waals surface area contributed by atoms with E-state index in [0.29, 0.717) is 17.9 Å². The lowest BCUT2D eigenvalue weighted by Crippen LogP contribution is -2.43. The van der Waals surface area contributed by atoms with Gasteiger partial charge in [0.1, 0.15) is 5.75 Å². The van der Waals surface area contributed by atoms with Crippen molar-refractivity contribution in [2.24, 2.45) is 0 Å². The van der Waals surface area contributed by atoms with Crippen molar-refractivity contribution < 1.29 is 19.4 Å². The Labute approximate surface area is 118 Å². The van der Waals surface area contributed by atoms with Crippen LogP contribution < -0.4 is 15.0 Å². The third-order valence-corrected chi connectivity index (χ3v) is 2.99. The first-order valence-corrected chi connectivity index (χ1v) is 6.38. The summed E-state index contributed by atoms with van der Waals surface area (Å²) in [4.78, 5) is 24.2. The fraction of sp³-hybridized carbons (Fsp3) is 0.429. The van der Waals surface area contributed by atoms with Crippen LogP contribution in [-0.4, -0.2) is 37.3 Å². The summed E-state index contributed by atoms with van der Waals surface area (Å²) >= 11 is 0. The lowest BCUT2D eigenvalue weighted by molar-refractivity contribution is -0.137. The van der Waals surface area contributed by atoms with E-state index in [9.17, 15) is 9.59 Å². The monoisotopic (exact) mass is 280 g/mol. The van der Waals surface area contributed by atoms with Crippen LogP contribution in [0.2, 0.25) is 0 Å². The number of methoxy groups -OCH3 is 1. The molecule has 1 rings (SSSR count). The second kappa shape index (κ2) is 7.37. The zero-order valence-electron chi connectivity index (χ0n) is 11.9. The Morgan fingerprint density at radius 1 is 1.40 bits per heavy atom. The van der Waals surface area contributed by atoms with Crippen LogP contribution in [0.1, 0.15) is 19.8 Å². The molecule has 6 nitrogen and oxygen atoms in total. The summed E-state index contributed by atoms with van der Waals surface area (Å²) in [5.41, 5.74) is 0.623. The van der Waals surface area contributed by atoms with E-state index in [-0.39, 0.29) is 12.5 Å².